The van der Waals surface area contributed by atoms with E-state index in [1.807, 2.05) is 48.2 Å². The second-order valence-corrected chi connectivity index (χ2v) is 10.1. The van der Waals surface area contributed by atoms with Gasteiger partial charge in [-0.3, -0.25) is 9.69 Å². The van der Waals surface area contributed by atoms with Crippen LogP contribution in [-0.2, 0) is 21.2 Å². The summed E-state index contributed by atoms with van der Waals surface area (Å²) < 4.78 is 27.1. The molecule has 0 atom stereocenters. The van der Waals surface area contributed by atoms with Gasteiger partial charge in [0.15, 0.2) is 0 Å². The number of aryl methyl sites for hydroxylation is 2. The minimum atomic E-state index is -3.49. The predicted octanol–water partition coefficient (Wildman–Crippen LogP) is 1.93. The van der Waals surface area contributed by atoms with E-state index in [9.17, 15) is 13.2 Å². The molecular formula is C23H29N5O3S. The van der Waals surface area contributed by atoms with E-state index in [0.29, 0.717) is 37.6 Å². The van der Waals surface area contributed by atoms with Crippen LogP contribution in [0.3, 0.4) is 0 Å². The summed E-state index contributed by atoms with van der Waals surface area (Å²) in [7, 11) is -3.49. The Balaban J connectivity index is 1.18. The van der Waals surface area contributed by atoms with Gasteiger partial charge in [0.05, 0.1) is 22.5 Å². The molecule has 4 rings (SSSR count). The number of rotatable bonds is 8. The smallest absolute Gasteiger partial charge is 0.243 e. The number of carbonyl (C=O) groups excluding carboxylic acids is 1. The Morgan fingerprint density at radius 3 is 2.50 bits per heavy atom. The minimum absolute atomic E-state index is 0.0375. The summed E-state index contributed by atoms with van der Waals surface area (Å²) in [6.45, 7) is 4.64. The van der Waals surface area contributed by atoms with E-state index >= 15 is 0 Å². The number of hydrogen-bond acceptors (Lipinski definition) is 5. The van der Waals surface area contributed by atoms with Crippen molar-refractivity contribution in [1.82, 2.24) is 24.5 Å². The monoisotopic (exact) mass is 455 g/mol. The summed E-state index contributed by atoms with van der Waals surface area (Å²) in [5.74, 6) is 0.885. The number of H-pyrrole nitrogens is 1. The Morgan fingerprint density at radius 1 is 1.06 bits per heavy atom. The number of imidazole rings is 1. The van der Waals surface area contributed by atoms with Crippen LogP contribution in [0, 0.1) is 6.92 Å². The standard InChI is InChI=1S/C23H29N5O3S/c1-18-8-10-19(11-9-18)32(30,31)28-15-13-27(14-16-28)17-23(29)24-12-4-7-22-25-20-5-2-3-6-21(20)26-22/h2-3,5-6,8-11H,4,7,12-17H2,1H3,(H,24,29)(H,25,26). The number of para-hydroxylation sites is 2. The fourth-order valence-electron chi connectivity index (χ4n) is 3.85. The highest BCUT2D eigenvalue weighted by atomic mass is 32.2. The van der Waals surface area contributed by atoms with E-state index in [-0.39, 0.29) is 12.5 Å². The summed E-state index contributed by atoms with van der Waals surface area (Å²) in [4.78, 5) is 22.4. The van der Waals surface area contributed by atoms with Crippen molar-refractivity contribution in [3.63, 3.8) is 0 Å². The number of aromatic amines is 1. The lowest BCUT2D eigenvalue weighted by atomic mass is 10.2. The fraction of sp³-hybridized carbons (Fsp3) is 0.391. The lowest BCUT2D eigenvalue weighted by Crippen LogP contribution is -2.51. The van der Waals surface area contributed by atoms with E-state index in [0.717, 1.165) is 35.3 Å². The van der Waals surface area contributed by atoms with Gasteiger partial charge in [0.25, 0.3) is 0 Å². The van der Waals surface area contributed by atoms with Gasteiger partial charge in [0, 0.05) is 39.1 Å². The number of piperazine rings is 1. The summed E-state index contributed by atoms with van der Waals surface area (Å²) in [5.41, 5.74) is 3.00. The Kier molecular flexibility index (Phi) is 6.88. The maximum Gasteiger partial charge on any atom is 0.243 e. The topological polar surface area (TPSA) is 98.4 Å². The van der Waals surface area contributed by atoms with E-state index in [4.69, 9.17) is 0 Å². The van der Waals surface area contributed by atoms with Crippen molar-refractivity contribution >= 4 is 27.0 Å². The van der Waals surface area contributed by atoms with E-state index in [1.54, 1.807) is 12.1 Å². The van der Waals surface area contributed by atoms with Crippen LogP contribution in [0.25, 0.3) is 11.0 Å². The number of sulfonamides is 1. The highest BCUT2D eigenvalue weighted by Gasteiger charge is 2.28. The van der Waals surface area contributed by atoms with Crippen LogP contribution in [-0.4, -0.2) is 72.8 Å². The third kappa shape index (κ3) is 5.35. The van der Waals surface area contributed by atoms with Gasteiger partial charge in [-0.15, -0.1) is 0 Å². The Labute approximate surface area is 188 Å². The molecule has 9 heteroatoms. The molecule has 1 amide bonds. The van der Waals surface area contributed by atoms with Crippen LogP contribution in [0.15, 0.2) is 53.4 Å². The SMILES string of the molecule is Cc1ccc(S(=O)(=O)N2CCN(CC(=O)NCCCc3nc4ccccc4[nH]3)CC2)cc1. The number of nitrogens with one attached hydrogen (secondary N) is 2. The molecule has 2 N–H and O–H groups in total. The van der Waals surface area contributed by atoms with Crippen LogP contribution in [0.5, 0.6) is 0 Å². The Hall–Kier alpha value is -2.75. The average molecular weight is 456 g/mol. The number of carbonyl (C=O) groups is 1. The van der Waals surface area contributed by atoms with Gasteiger partial charge in [-0.25, -0.2) is 13.4 Å². The second kappa shape index (κ2) is 9.81. The molecular weight excluding hydrogens is 426 g/mol. The summed E-state index contributed by atoms with van der Waals surface area (Å²) in [5, 5.41) is 2.95. The van der Waals surface area contributed by atoms with Crippen molar-refractivity contribution in [3.8, 4) is 0 Å². The largest absolute Gasteiger partial charge is 0.355 e. The van der Waals surface area contributed by atoms with Gasteiger partial charge < -0.3 is 10.3 Å². The normalized spacial score (nSPS) is 15.8. The number of aromatic nitrogens is 2. The number of amides is 1. The number of fused-ring (bicyclic) bond motifs is 1. The van der Waals surface area contributed by atoms with Crippen LogP contribution < -0.4 is 5.32 Å². The molecule has 0 bridgehead atoms. The van der Waals surface area contributed by atoms with Crippen LogP contribution in [0.2, 0.25) is 0 Å². The first-order valence-corrected chi connectivity index (χ1v) is 12.4. The molecule has 1 fully saturated rings. The zero-order valence-corrected chi connectivity index (χ0v) is 19.1. The van der Waals surface area contributed by atoms with Crippen LogP contribution >= 0.6 is 0 Å². The lowest BCUT2D eigenvalue weighted by molar-refractivity contribution is -0.122. The van der Waals surface area contributed by atoms with Crippen molar-refractivity contribution in [2.45, 2.75) is 24.7 Å². The fourth-order valence-corrected chi connectivity index (χ4v) is 5.28. The molecule has 3 aromatic rings. The summed E-state index contributed by atoms with van der Waals surface area (Å²) >= 11 is 0. The van der Waals surface area contributed by atoms with Crippen molar-refractivity contribution < 1.29 is 13.2 Å². The number of nitrogens with zero attached hydrogens (tertiary/aromatic N) is 3. The summed E-state index contributed by atoms with van der Waals surface area (Å²) in [6, 6.07) is 14.8. The van der Waals surface area contributed by atoms with E-state index < -0.39 is 10.0 Å². The van der Waals surface area contributed by atoms with Gasteiger partial charge in [0.2, 0.25) is 15.9 Å². The lowest BCUT2D eigenvalue weighted by Gasteiger charge is -2.33. The highest BCUT2D eigenvalue weighted by molar-refractivity contribution is 7.89. The van der Waals surface area contributed by atoms with Crippen molar-refractivity contribution in [1.29, 1.82) is 0 Å². The second-order valence-electron chi connectivity index (χ2n) is 8.15. The minimum Gasteiger partial charge on any atom is -0.355 e. The zero-order chi connectivity index (χ0) is 22.6. The maximum atomic E-state index is 12.8. The molecule has 1 aromatic heterocycles. The van der Waals surface area contributed by atoms with Gasteiger partial charge >= 0.3 is 0 Å². The molecule has 0 aliphatic carbocycles. The first-order chi connectivity index (χ1) is 15.4. The highest BCUT2D eigenvalue weighted by Crippen LogP contribution is 2.18. The summed E-state index contributed by atoms with van der Waals surface area (Å²) in [6.07, 6.45) is 1.57. The third-order valence-corrected chi connectivity index (χ3v) is 7.62. The van der Waals surface area contributed by atoms with Gasteiger partial charge in [0.1, 0.15) is 5.82 Å². The van der Waals surface area contributed by atoms with Crippen LogP contribution in [0.1, 0.15) is 17.8 Å². The third-order valence-electron chi connectivity index (χ3n) is 5.71. The first kappa shape index (κ1) is 22.4. The first-order valence-electron chi connectivity index (χ1n) is 10.9. The molecule has 1 aliphatic rings. The van der Waals surface area contributed by atoms with Crippen molar-refractivity contribution in [2.75, 3.05) is 39.3 Å². The maximum absolute atomic E-state index is 12.8. The number of benzene rings is 2. The van der Waals surface area contributed by atoms with Gasteiger partial charge in [-0.05, 0) is 37.6 Å². The van der Waals surface area contributed by atoms with Crippen LogP contribution in [0.4, 0.5) is 0 Å². The van der Waals surface area contributed by atoms with Gasteiger partial charge in [-0.2, -0.15) is 4.31 Å². The Morgan fingerprint density at radius 2 is 1.78 bits per heavy atom. The van der Waals surface area contributed by atoms with E-state index in [1.165, 1.54) is 4.31 Å². The number of hydrogen-bond donors (Lipinski definition) is 2. The molecule has 170 valence electrons. The molecule has 8 nitrogen and oxygen atoms in total. The molecule has 0 saturated carbocycles. The molecule has 0 unspecified atom stereocenters. The van der Waals surface area contributed by atoms with Gasteiger partial charge in [-0.1, -0.05) is 29.8 Å². The zero-order valence-electron chi connectivity index (χ0n) is 18.3. The molecule has 1 aliphatic heterocycles. The van der Waals surface area contributed by atoms with Crippen molar-refractivity contribution in [3.05, 3.63) is 59.9 Å². The molecule has 2 heterocycles. The molecule has 32 heavy (non-hydrogen) atoms. The van der Waals surface area contributed by atoms with E-state index in [2.05, 4.69) is 15.3 Å². The average Bonchev–Trinajstić information content (AvgIpc) is 3.20. The van der Waals surface area contributed by atoms with Crippen molar-refractivity contribution in [2.24, 2.45) is 0 Å². The molecule has 1 saturated heterocycles. The molecule has 0 spiro atoms. The molecule has 2 aromatic carbocycles. The molecule has 0 radical (unpaired) electrons. The Bertz CT molecular complexity index is 1130. The quantitative estimate of drug-likeness (QED) is 0.506. The predicted molar refractivity (Wildman–Crippen MR) is 124 cm³/mol.